The van der Waals surface area contributed by atoms with Gasteiger partial charge in [-0.1, -0.05) is 19.9 Å². The molecular formula is C21H26N2O5S. The molecule has 156 valence electrons. The van der Waals surface area contributed by atoms with Crippen LogP contribution < -0.4 is 19.5 Å². The molecule has 0 unspecified atom stereocenters. The maximum Gasteiger partial charge on any atom is 0.248 e. The third-order valence-corrected chi connectivity index (χ3v) is 5.32. The highest BCUT2D eigenvalue weighted by molar-refractivity contribution is 7.89. The van der Waals surface area contributed by atoms with Crippen molar-refractivity contribution in [1.29, 1.82) is 0 Å². The number of rotatable bonds is 9. The molecule has 2 N–H and O–H groups in total. The lowest BCUT2D eigenvalue weighted by atomic mass is 10.2. The second kappa shape index (κ2) is 10.1. The third-order valence-electron chi connectivity index (χ3n) is 3.89. The van der Waals surface area contributed by atoms with E-state index in [0.29, 0.717) is 29.7 Å². The van der Waals surface area contributed by atoms with Crippen molar-refractivity contribution in [2.45, 2.75) is 18.7 Å². The van der Waals surface area contributed by atoms with E-state index in [-0.39, 0.29) is 10.8 Å². The molecule has 0 aliphatic rings. The summed E-state index contributed by atoms with van der Waals surface area (Å²) < 4.78 is 36.7. The minimum Gasteiger partial charge on any atom is -0.493 e. The van der Waals surface area contributed by atoms with Gasteiger partial charge in [-0.2, -0.15) is 0 Å². The number of ether oxygens (including phenoxy) is 2. The SMILES string of the molecule is CNS(=O)(=O)c1ccc(NC(=O)/C=C/c2ccc(OCC(C)C)c(OC)c2)cc1. The van der Waals surface area contributed by atoms with E-state index in [1.165, 1.54) is 37.4 Å². The monoisotopic (exact) mass is 418 g/mol. The number of anilines is 1. The average Bonchev–Trinajstić information content (AvgIpc) is 2.71. The van der Waals surface area contributed by atoms with Gasteiger partial charge < -0.3 is 14.8 Å². The Balaban J connectivity index is 2.03. The fourth-order valence-corrected chi connectivity index (χ4v) is 3.08. The van der Waals surface area contributed by atoms with Crippen LogP contribution in [-0.4, -0.2) is 35.1 Å². The van der Waals surface area contributed by atoms with Crippen molar-refractivity contribution in [3.05, 3.63) is 54.1 Å². The Morgan fingerprint density at radius 1 is 1.10 bits per heavy atom. The molecule has 2 rings (SSSR count). The van der Waals surface area contributed by atoms with Crippen LogP contribution in [0.15, 0.2) is 53.4 Å². The van der Waals surface area contributed by atoms with Crippen molar-refractivity contribution < 1.29 is 22.7 Å². The number of hydrogen-bond donors (Lipinski definition) is 2. The topological polar surface area (TPSA) is 93.7 Å². The quantitative estimate of drug-likeness (QED) is 0.610. The van der Waals surface area contributed by atoms with Gasteiger partial charge in [0, 0.05) is 11.8 Å². The first-order valence-corrected chi connectivity index (χ1v) is 10.6. The lowest BCUT2D eigenvalue weighted by Crippen LogP contribution is -2.18. The van der Waals surface area contributed by atoms with Crippen LogP contribution in [0.2, 0.25) is 0 Å². The Kier molecular flexibility index (Phi) is 7.81. The summed E-state index contributed by atoms with van der Waals surface area (Å²) in [5.74, 6) is 1.30. The van der Waals surface area contributed by atoms with Gasteiger partial charge in [-0.25, -0.2) is 13.1 Å². The molecule has 8 heteroatoms. The van der Waals surface area contributed by atoms with E-state index in [4.69, 9.17) is 9.47 Å². The average molecular weight is 419 g/mol. The second-order valence-corrected chi connectivity index (χ2v) is 8.56. The number of hydrogen-bond acceptors (Lipinski definition) is 5. The molecule has 0 heterocycles. The van der Waals surface area contributed by atoms with E-state index in [1.807, 2.05) is 6.07 Å². The van der Waals surface area contributed by atoms with Crippen molar-refractivity contribution in [3.63, 3.8) is 0 Å². The zero-order chi connectivity index (χ0) is 21.4. The van der Waals surface area contributed by atoms with Crippen LogP contribution in [-0.2, 0) is 14.8 Å². The summed E-state index contributed by atoms with van der Waals surface area (Å²) in [5, 5.41) is 2.68. The fourth-order valence-electron chi connectivity index (χ4n) is 2.35. The summed E-state index contributed by atoms with van der Waals surface area (Å²) in [5.41, 5.74) is 1.27. The van der Waals surface area contributed by atoms with Gasteiger partial charge in [0.15, 0.2) is 11.5 Å². The number of carbonyl (C=O) groups excluding carboxylic acids is 1. The number of carbonyl (C=O) groups is 1. The molecule has 0 aliphatic carbocycles. The van der Waals surface area contributed by atoms with E-state index in [2.05, 4.69) is 23.9 Å². The zero-order valence-electron chi connectivity index (χ0n) is 16.9. The minimum absolute atomic E-state index is 0.125. The number of sulfonamides is 1. The van der Waals surface area contributed by atoms with Gasteiger partial charge >= 0.3 is 0 Å². The summed E-state index contributed by atoms with van der Waals surface area (Å²) in [6.07, 6.45) is 3.05. The van der Waals surface area contributed by atoms with E-state index in [1.54, 1.807) is 25.3 Å². The van der Waals surface area contributed by atoms with Crippen LogP contribution in [0, 0.1) is 5.92 Å². The predicted molar refractivity (Wildman–Crippen MR) is 114 cm³/mol. The third kappa shape index (κ3) is 6.62. The fraction of sp³-hybridized carbons (Fsp3) is 0.286. The molecule has 7 nitrogen and oxygen atoms in total. The number of methoxy groups -OCH3 is 1. The summed E-state index contributed by atoms with van der Waals surface area (Å²) >= 11 is 0. The highest BCUT2D eigenvalue weighted by atomic mass is 32.2. The van der Waals surface area contributed by atoms with Gasteiger partial charge in [0.25, 0.3) is 0 Å². The smallest absolute Gasteiger partial charge is 0.248 e. The second-order valence-electron chi connectivity index (χ2n) is 6.67. The first-order chi connectivity index (χ1) is 13.7. The minimum atomic E-state index is -3.51. The van der Waals surface area contributed by atoms with Crippen LogP contribution >= 0.6 is 0 Å². The van der Waals surface area contributed by atoms with Gasteiger partial charge in [0.05, 0.1) is 18.6 Å². The van der Waals surface area contributed by atoms with Crippen molar-refractivity contribution in [1.82, 2.24) is 4.72 Å². The van der Waals surface area contributed by atoms with E-state index in [0.717, 1.165) is 5.56 Å². The molecule has 0 radical (unpaired) electrons. The molecule has 0 atom stereocenters. The van der Waals surface area contributed by atoms with Gasteiger partial charge in [0.2, 0.25) is 15.9 Å². The lowest BCUT2D eigenvalue weighted by molar-refractivity contribution is -0.111. The van der Waals surface area contributed by atoms with E-state index in [9.17, 15) is 13.2 Å². The van der Waals surface area contributed by atoms with Gasteiger partial charge in [-0.15, -0.1) is 0 Å². The van der Waals surface area contributed by atoms with Gasteiger partial charge in [0.1, 0.15) is 0 Å². The van der Waals surface area contributed by atoms with E-state index >= 15 is 0 Å². The van der Waals surface area contributed by atoms with E-state index < -0.39 is 10.0 Å². The Bertz CT molecular complexity index is 967. The van der Waals surface area contributed by atoms with Crippen LogP contribution in [0.4, 0.5) is 5.69 Å². The molecule has 0 bridgehead atoms. The summed E-state index contributed by atoms with van der Waals surface area (Å²) in [6.45, 7) is 4.72. The molecular weight excluding hydrogens is 392 g/mol. The summed E-state index contributed by atoms with van der Waals surface area (Å²) in [7, 11) is -0.602. The highest BCUT2D eigenvalue weighted by Crippen LogP contribution is 2.29. The first kappa shape index (κ1) is 22.4. The molecule has 29 heavy (non-hydrogen) atoms. The molecule has 1 amide bonds. The van der Waals surface area contributed by atoms with Crippen LogP contribution in [0.25, 0.3) is 6.08 Å². The van der Waals surface area contributed by atoms with Gasteiger partial charge in [-0.3, -0.25) is 4.79 Å². The Morgan fingerprint density at radius 2 is 1.79 bits per heavy atom. The van der Waals surface area contributed by atoms with Crippen molar-refractivity contribution in [3.8, 4) is 11.5 Å². The molecule has 0 aromatic heterocycles. The lowest BCUT2D eigenvalue weighted by Gasteiger charge is -2.12. The molecule has 2 aromatic carbocycles. The van der Waals surface area contributed by atoms with Crippen molar-refractivity contribution in [2.24, 2.45) is 5.92 Å². The van der Waals surface area contributed by atoms with Crippen LogP contribution in [0.5, 0.6) is 11.5 Å². The standard InChI is InChI=1S/C21H26N2O5S/c1-15(2)14-28-19-11-5-16(13-20(19)27-4)6-12-21(24)23-17-7-9-18(10-8-17)29(25,26)22-3/h5-13,15,22H,14H2,1-4H3,(H,23,24)/b12-6+. The molecule has 0 spiro atoms. The summed E-state index contributed by atoms with van der Waals surface area (Å²) in [4.78, 5) is 12.3. The normalized spacial score (nSPS) is 11.6. The zero-order valence-corrected chi connectivity index (χ0v) is 17.7. The first-order valence-electron chi connectivity index (χ1n) is 9.08. The number of benzene rings is 2. The number of amides is 1. The van der Waals surface area contributed by atoms with Crippen LogP contribution in [0.1, 0.15) is 19.4 Å². The maximum atomic E-state index is 12.1. The largest absolute Gasteiger partial charge is 0.493 e. The molecule has 0 fully saturated rings. The maximum absolute atomic E-state index is 12.1. The highest BCUT2D eigenvalue weighted by Gasteiger charge is 2.11. The van der Waals surface area contributed by atoms with Crippen molar-refractivity contribution >= 4 is 27.7 Å². The molecule has 0 aliphatic heterocycles. The Labute approximate surface area is 171 Å². The molecule has 0 saturated carbocycles. The van der Waals surface area contributed by atoms with Crippen molar-refractivity contribution in [2.75, 3.05) is 26.1 Å². The number of nitrogens with one attached hydrogen (secondary N) is 2. The van der Waals surface area contributed by atoms with Gasteiger partial charge in [-0.05, 0) is 61.0 Å². The predicted octanol–water partition coefficient (Wildman–Crippen LogP) is 3.29. The van der Waals surface area contributed by atoms with Crippen LogP contribution in [0.3, 0.4) is 0 Å². The Hall–Kier alpha value is -2.84. The molecule has 0 saturated heterocycles. The summed E-state index contributed by atoms with van der Waals surface area (Å²) in [6, 6.07) is 11.3. The Morgan fingerprint density at radius 3 is 2.38 bits per heavy atom. The molecule has 2 aromatic rings.